The van der Waals surface area contributed by atoms with Crippen molar-refractivity contribution in [1.29, 1.82) is 0 Å². The minimum absolute atomic E-state index is 0.0640. The second kappa shape index (κ2) is 11.2. The zero-order chi connectivity index (χ0) is 23.9. The molecule has 4 aromatic rings. The number of rotatable bonds is 9. The molecule has 1 heterocycles. The Balaban J connectivity index is 1.33. The predicted molar refractivity (Wildman–Crippen MR) is 139 cm³/mol. The molecule has 1 aromatic heterocycles. The summed E-state index contributed by atoms with van der Waals surface area (Å²) in [6, 6.07) is 26.4. The number of carbonyl (C=O) groups is 1. The van der Waals surface area contributed by atoms with Gasteiger partial charge in [0.25, 0.3) is 5.91 Å². The van der Waals surface area contributed by atoms with Gasteiger partial charge in [-0.25, -0.2) is 4.98 Å². The first-order valence-corrected chi connectivity index (χ1v) is 12.6. The van der Waals surface area contributed by atoms with Gasteiger partial charge in [0.2, 0.25) is 5.89 Å². The minimum atomic E-state index is -0.0640. The molecule has 0 aliphatic carbocycles. The molecule has 0 spiro atoms. The van der Waals surface area contributed by atoms with Crippen LogP contribution < -0.4 is 5.32 Å². The molecule has 0 saturated carbocycles. The summed E-state index contributed by atoms with van der Waals surface area (Å²) >= 11 is 1.74. The highest BCUT2D eigenvalue weighted by atomic mass is 32.2. The number of oxazole rings is 1. The van der Waals surface area contributed by atoms with Crippen molar-refractivity contribution in [2.24, 2.45) is 0 Å². The van der Waals surface area contributed by atoms with Gasteiger partial charge in [0, 0.05) is 27.8 Å². The number of hydrogen-bond acceptors (Lipinski definition) is 4. The first kappa shape index (κ1) is 23.8. The van der Waals surface area contributed by atoms with Crippen LogP contribution >= 0.6 is 11.8 Å². The Kier molecular flexibility index (Phi) is 7.86. The van der Waals surface area contributed by atoms with E-state index < -0.39 is 0 Å². The molecule has 1 atom stereocenters. The number of thioether (sulfide) groups is 1. The number of benzene rings is 3. The molecule has 4 nitrogen and oxygen atoms in total. The zero-order valence-corrected chi connectivity index (χ0v) is 20.7. The van der Waals surface area contributed by atoms with E-state index in [1.54, 1.807) is 11.8 Å². The van der Waals surface area contributed by atoms with Crippen LogP contribution in [0.15, 0.2) is 88.2 Å². The van der Waals surface area contributed by atoms with Crippen molar-refractivity contribution in [2.75, 3.05) is 0 Å². The van der Waals surface area contributed by atoms with Crippen LogP contribution in [0.4, 0.5) is 0 Å². The fourth-order valence-corrected chi connectivity index (χ4v) is 4.54. The first-order valence-electron chi connectivity index (χ1n) is 11.6. The van der Waals surface area contributed by atoms with Gasteiger partial charge >= 0.3 is 0 Å². The molecule has 4 rings (SSSR count). The number of aryl methyl sites for hydroxylation is 3. The van der Waals surface area contributed by atoms with E-state index in [2.05, 4.69) is 48.6 Å². The van der Waals surface area contributed by atoms with E-state index in [0.717, 1.165) is 35.6 Å². The van der Waals surface area contributed by atoms with Gasteiger partial charge in [0.1, 0.15) is 5.76 Å². The van der Waals surface area contributed by atoms with Crippen molar-refractivity contribution in [3.63, 3.8) is 0 Å². The van der Waals surface area contributed by atoms with Crippen molar-refractivity contribution in [3.05, 3.63) is 107 Å². The van der Waals surface area contributed by atoms with Gasteiger partial charge in [-0.1, -0.05) is 48.0 Å². The number of nitrogens with one attached hydrogen (secondary N) is 1. The third-order valence-electron chi connectivity index (χ3n) is 5.77. The molecule has 0 saturated heterocycles. The van der Waals surface area contributed by atoms with Crippen LogP contribution in [0.25, 0.3) is 11.5 Å². The van der Waals surface area contributed by atoms with Gasteiger partial charge in [0.15, 0.2) is 0 Å². The maximum atomic E-state index is 12.7. The number of nitrogens with zero attached hydrogens (tertiary/aromatic N) is 1. The van der Waals surface area contributed by atoms with E-state index in [9.17, 15) is 4.79 Å². The summed E-state index contributed by atoms with van der Waals surface area (Å²) < 4.78 is 5.92. The van der Waals surface area contributed by atoms with Crippen LogP contribution in [0.2, 0.25) is 0 Å². The molecule has 34 heavy (non-hydrogen) atoms. The summed E-state index contributed by atoms with van der Waals surface area (Å²) in [5, 5.41) is 3.09. The molecule has 0 aliphatic heterocycles. The minimum Gasteiger partial charge on any atom is -0.441 e. The maximum Gasteiger partial charge on any atom is 0.251 e. The Morgan fingerprint density at radius 3 is 2.38 bits per heavy atom. The summed E-state index contributed by atoms with van der Waals surface area (Å²) in [5.41, 5.74) is 4.97. The molecule has 1 amide bonds. The Morgan fingerprint density at radius 2 is 1.68 bits per heavy atom. The summed E-state index contributed by atoms with van der Waals surface area (Å²) in [6.07, 6.45) is 1.84. The number of aromatic nitrogens is 1. The van der Waals surface area contributed by atoms with Crippen molar-refractivity contribution < 1.29 is 9.21 Å². The topological polar surface area (TPSA) is 55.1 Å². The molecule has 0 aliphatic rings. The molecule has 0 radical (unpaired) electrons. The SMILES string of the molecule is Cc1ccc(SCc2nc(-c3ccc(C(=O)N[C@@H](C)CCc4ccccc4)cc3)oc2C)cc1. The lowest BCUT2D eigenvalue weighted by molar-refractivity contribution is 0.0938. The molecule has 0 unspecified atom stereocenters. The van der Waals surface area contributed by atoms with Crippen LogP contribution in [0.5, 0.6) is 0 Å². The van der Waals surface area contributed by atoms with Crippen LogP contribution in [0.3, 0.4) is 0 Å². The fourth-order valence-electron chi connectivity index (χ4n) is 3.64. The summed E-state index contributed by atoms with van der Waals surface area (Å²) in [7, 11) is 0. The van der Waals surface area contributed by atoms with E-state index in [4.69, 9.17) is 9.40 Å². The summed E-state index contributed by atoms with van der Waals surface area (Å²) in [6.45, 7) is 6.07. The molecule has 0 fully saturated rings. The van der Waals surface area contributed by atoms with Crippen molar-refractivity contribution in [1.82, 2.24) is 10.3 Å². The second-order valence-corrected chi connectivity index (χ2v) is 9.65. The van der Waals surface area contributed by atoms with Crippen LogP contribution in [0, 0.1) is 13.8 Å². The van der Waals surface area contributed by atoms with Gasteiger partial charge in [-0.2, -0.15) is 0 Å². The van der Waals surface area contributed by atoms with E-state index >= 15 is 0 Å². The standard InChI is InChI=1S/C29H30N2O2S/c1-20-9-17-26(18-10-20)34-19-27-22(3)33-29(31-27)25-15-13-24(14-16-25)28(32)30-21(2)11-12-23-7-5-4-6-8-23/h4-10,13-18,21H,11-12,19H2,1-3H3,(H,30,32)/t21-/m0/s1. The maximum absolute atomic E-state index is 12.7. The smallest absolute Gasteiger partial charge is 0.251 e. The lowest BCUT2D eigenvalue weighted by atomic mass is 10.1. The largest absolute Gasteiger partial charge is 0.441 e. The van der Waals surface area contributed by atoms with Crippen molar-refractivity contribution in [2.45, 2.75) is 50.3 Å². The highest BCUT2D eigenvalue weighted by Gasteiger charge is 2.14. The normalized spacial score (nSPS) is 11.9. The number of hydrogen-bond donors (Lipinski definition) is 1. The summed E-state index contributed by atoms with van der Waals surface area (Å²) in [5.74, 6) is 2.09. The van der Waals surface area contributed by atoms with Crippen LogP contribution in [-0.2, 0) is 12.2 Å². The third kappa shape index (κ3) is 6.39. The van der Waals surface area contributed by atoms with E-state index in [1.807, 2.05) is 56.3 Å². The molecule has 3 aromatic carbocycles. The average molecular weight is 471 g/mol. The van der Waals surface area contributed by atoms with Crippen molar-refractivity contribution in [3.8, 4) is 11.5 Å². The molecule has 174 valence electrons. The van der Waals surface area contributed by atoms with Gasteiger partial charge in [0.05, 0.1) is 5.69 Å². The van der Waals surface area contributed by atoms with Crippen LogP contribution in [-0.4, -0.2) is 16.9 Å². The predicted octanol–water partition coefficient (Wildman–Crippen LogP) is 7.00. The lowest BCUT2D eigenvalue weighted by Gasteiger charge is -2.14. The van der Waals surface area contributed by atoms with Gasteiger partial charge in [-0.15, -0.1) is 11.8 Å². The number of amides is 1. The Bertz CT molecular complexity index is 1220. The van der Waals surface area contributed by atoms with E-state index in [1.165, 1.54) is 16.0 Å². The second-order valence-electron chi connectivity index (χ2n) is 8.60. The van der Waals surface area contributed by atoms with Gasteiger partial charge in [-0.05, 0) is 75.6 Å². The van der Waals surface area contributed by atoms with Crippen molar-refractivity contribution >= 4 is 17.7 Å². The molecule has 5 heteroatoms. The zero-order valence-electron chi connectivity index (χ0n) is 19.9. The van der Waals surface area contributed by atoms with E-state index in [-0.39, 0.29) is 11.9 Å². The Hall–Kier alpha value is -3.31. The first-order chi connectivity index (χ1) is 16.5. The number of carbonyl (C=O) groups excluding carboxylic acids is 1. The lowest BCUT2D eigenvalue weighted by Crippen LogP contribution is -2.32. The molecule has 1 N–H and O–H groups in total. The molecular weight excluding hydrogens is 440 g/mol. The fraction of sp³-hybridized carbons (Fsp3) is 0.241. The molecular formula is C29H30N2O2S. The highest BCUT2D eigenvalue weighted by molar-refractivity contribution is 7.98. The van der Waals surface area contributed by atoms with E-state index in [0.29, 0.717) is 11.5 Å². The molecule has 0 bridgehead atoms. The van der Waals surface area contributed by atoms with Gasteiger partial charge in [-0.3, -0.25) is 4.79 Å². The Morgan fingerprint density at radius 1 is 0.971 bits per heavy atom. The highest BCUT2D eigenvalue weighted by Crippen LogP contribution is 2.28. The van der Waals surface area contributed by atoms with Crippen LogP contribution in [0.1, 0.15) is 46.3 Å². The third-order valence-corrected chi connectivity index (χ3v) is 6.79. The quantitative estimate of drug-likeness (QED) is 0.268. The summed E-state index contributed by atoms with van der Waals surface area (Å²) in [4.78, 5) is 18.6. The monoisotopic (exact) mass is 470 g/mol. The average Bonchev–Trinajstić information content (AvgIpc) is 3.23. The van der Waals surface area contributed by atoms with Gasteiger partial charge < -0.3 is 9.73 Å². The Labute approximate surface area is 205 Å².